The second-order valence-electron chi connectivity index (χ2n) is 3.19. The highest BCUT2D eigenvalue weighted by atomic mass is 35.7. The molecule has 3 nitrogen and oxygen atoms in total. The molecule has 0 spiro atoms. The number of halogens is 1. The van der Waals surface area contributed by atoms with Crippen LogP contribution in [0.5, 0.6) is 5.75 Å². The molecular weight excluding hydrogens is 248 g/mol. The predicted molar refractivity (Wildman–Crippen MR) is 64.4 cm³/mol. The molecule has 0 amide bonds. The predicted octanol–water partition coefficient (Wildman–Crippen LogP) is 2.96. The fraction of sp³-hybridized carbons (Fsp3) is 0.273. The van der Waals surface area contributed by atoms with E-state index in [1.54, 1.807) is 12.1 Å². The van der Waals surface area contributed by atoms with Gasteiger partial charge in [-0.1, -0.05) is 6.08 Å². The molecule has 0 atom stereocenters. The Balaban J connectivity index is 2.55. The van der Waals surface area contributed by atoms with Crippen LogP contribution in [0.2, 0.25) is 0 Å². The van der Waals surface area contributed by atoms with Gasteiger partial charge < -0.3 is 4.74 Å². The van der Waals surface area contributed by atoms with Gasteiger partial charge in [-0.05, 0) is 37.1 Å². The molecule has 16 heavy (non-hydrogen) atoms. The second kappa shape index (κ2) is 5.92. The summed E-state index contributed by atoms with van der Waals surface area (Å²) < 4.78 is 27.3. The fourth-order valence-electron chi connectivity index (χ4n) is 1.12. The van der Waals surface area contributed by atoms with Gasteiger partial charge >= 0.3 is 0 Å². The highest BCUT2D eigenvalue weighted by Crippen LogP contribution is 2.19. The van der Waals surface area contributed by atoms with Crippen LogP contribution in [-0.4, -0.2) is 15.0 Å². The van der Waals surface area contributed by atoms with Gasteiger partial charge in [0.05, 0.1) is 11.5 Å². The topological polar surface area (TPSA) is 43.4 Å². The van der Waals surface area contributed by atoms with Crippen LogP contribution in [0.3, 0.4) is 0 Å². The van der Waals surface area contributed by atoms with Gasteiger partial charge in [-0.2, -0.15) is 0 Å². The van der Waals surface area contributed by atoms with E-state index in [-0.39, 0.29) is 4.90 Å². The number of hydrogen-bond donors (Lipinski definition) is 0. The number of rotatable bonds is 6. The summed E-state index contributed by atoms with van der Waals surface area (Å²) in [7, 11) is 1.53. The van der Waals surface area contributed by atoms with E-state index < -0.39 is 9.05 Å². The van der Waals surface area contributed by atoms with Crippen molar-refractivity contribution in [2.24, 2.45) is 0 Å². The molecule has 0 fully saturated rings. The van der Waals surface area contributed by atoms with Crippen molar-refractivity contribution >= 4 is 19.7 Å². The van der Waals surface area contributed by atoms with Crippen molar-refractivity contribution in [3.63, 3.8) is 0 Å². The zero-order valence-corrected chi connectivity index (χ0v) is 10.3. The Bertz CT molecular complexity index is 437. The van der Waals surface area contributed by atoms with E-state index in [4.69, 9.17) is 15.4 Å². The lowest BCUT2D eigenvalue weighted by molar-refractivity contribution is 0.312. The molecule has 0 aliphatic heterocycles. The first-order chi connectivity index (χ1) is 7.54. The molecule has 0 N–H and O–H groups in total. The van der Waals surface area contributed by atoms with Crippen LogP contribution in [0.15, 0.2) is 41.8 Å². The zero-order valence-electron chi connectivity index (χ0n) is 8.73. The summed E-state index contributed by atoms with van der Waals surface area (Å²) in [5.74, 6) is 0.633. The fourth-order valence-corrected chi connectivity index (χ4v) is 1.89. The Labute approximate surface area is 100 Å². The molecule has 0 aliphatic carbocycles. The molecule has 1 aromatic rings. The Hall–Kier alpha value is -1.00. The zero-order chi connectivity index (χ0) is 12.0. The van der Waals surface area contributed by atoms with E-state index in [1.165, 1.54) is 12.1 Å². The van der Waals surface area contributed by atoms with Gasteiger partial charge in [-0.25, -0.2) is 8.42 Å². The van der Waals surface area contributed by atoms with Crippen molar-refractivity contribution in [3.05, 3.63) is 36.9 Å². The van der Waals surface area contributed by atoms with Crippen LogP contribution >= 0.6 is 10.7 Å². The number of unbranched alkanes of at least 4 members (excludes halogenated alkanes) is 1. The van der Waals surface area contributed by atoms with E-state index in [2.05, 4.69) is 6.58 Å². The van der Waals surface area contributed by atoms with Gasteiger partial charge in [0.25, 0.3) is 9.05 Å². The third-order valence-electron chi connectivity index (χ3n) is 1.93. The van der Waals surface area contributed by atoms with Gasteiger partial charge in [0.1, 0.15) is 5.75 Å². The van der Waals surface area contributed by atoms with Gasteiger partial charge in [-0.15, -0.1) is 6.58 Å². The highest BCUT2D eigenvalue weighted by Gasteiger charge is 2.08. The average molecular weight is 261 g/mol. The molecule has 0 radical (unpaired) electrons. The number of ether oxygens (including phenoxy) is 1. The van der Waals surface area contributed by atoms with Crippen molar-refractivity contribution < 1.29 is 13.2 Å². The molecule has 0 heterocycles. The van der Waals surface area contributed by atoms with Gasteiger partial charge in [0.2, 0.25) is 0 Å². The quantitative estimate of drug-likeness (QED) is 0.449. The molecule has 0 unspecified atom stereocenters. The Kier molecular flexibility index (Phi) is 4.83. The van der Waals surface area contributed by atoms with E-state index >= 15 is 0 Å². The molecule has 0 aliphatic rings. The van der Waals surface area contributed by atoms with Crippen molar-refractivity contribution in [1.29, 1.82) is 0 Å². The first-order valence-electron chi connectivity index (χ1n) is 4.82. The highest BCUT2D eigenvalue weighted by molar-refractivity contribution is 8.13. The Morgan fingerprint density at radius 2 is 1.94 bits per heavy atom. The molecule has 1 rings (SSSR count). The molecule has 88 valence electrons. The molecule has 0 saturated heterocycles. The first-order valence-corrected chi connectivity index (χ1v) is 7.13. The number of allylic oxidation sites excluding steroid dienone is 1. The third-order valence-corrected chi connectivity index (χ3v) is 3.30. The van der Waals surface area contributed by atoms with Crippen LogP contribution < -0.4 is 4.74 Å². The summed E-state index contributed by atoms with van der Waals surface area (Å²) in [6.07, 6.45) is 3.61. The van der Waals surface area contributed by atoms with E-state index in [1.807, 2.05) is 6.08 Å². The van der Waals surface area contributed by atoms with Crippen molar-refractivity contribution in [3.8, 4) is 5.75 Å². The number of benzene rings is 1. The van der Waals surface area contributed by atoms with Gasteiger partial charge in [-0.3, -0.25) is 0 Å². The van der Waals surface area contributed by atoms with Gasteiger partial charge in [0, 0.05) is 10.7 Å². The van der Waals surface area contributed by atoms with Crippen LogP contribution in [0, 0.1) is 0 Å². The molecule has 0 saturated carbocycles. The lowest BCUT2D eigenvalue weighted by Crippen LogP contribution is -1.97. The lowest BCUT2D eigenvalue weighted by Gasteiger charge is -2.05. The van der Waals surface area contributed by atoms with Crippen molar-refractivity contribution in [1.82, 2.24) is 0 Å². The second-order valence-corrected chi connectivity index (χ2v) is 5.75. The van der Waals surface area contributed by atoms with Crippen LogP contribution in [0.1, 0.15) is 12.8 Å². The van der Waals surface area contributed by atoms with Crippen molar-refractivity contribution in [2.75, 3.05) is 6.61 Å². The minimum Gasteiger partial charge on any atom is -0.494 e. The molecular formula is C11H13ClO3S. The van der Waals surface area contributed by atoms with Crippen molar-refractivity contribution in [2.45, 2.75) is 17.7 Å². The summed E-state index contributed by atoms with van der Waals surface area (Å²) in [6.45, 7) is 4.19. The van der Waals surface area contributed by atoms with Crippen LogP contribution in [-0.2, 0) is 9.05 Å². The molecule has 1 aromatic carbocycles. The van der Waals surface area contributed by atoms with E-state index in [0.29, 0.717) is 12.4 Å². The van der Waals surface area contributed by atoms with E-state index in [9.17, 15) is 8.42 Å². The molecule has 0 bridgehead atoms. The van der Waals surface area contributed by atoms with E-state index in [0.717, 1.165) is 12.8 Å². The third kappa shape index (κ3) is 4.24. The Morgan fingerprint density at radius 1 is 1.31 bits per heavy atom. The number of hydrogen-bond acceptors (Lipinski definition) is 3. The minimum atomic E-state index is -3.65. The normalized spacial score (nSPS) is 11.1. The smallest absolute Gasteiger partial charge is 0.261 e. The maximum absolute atomic E-state index is 11.0. The SMILES string of the molecule is C=CCCCOc1ccc(S(=O)(=O)Cl)cc1. The van der Waals surface area contributed by atoms with Crippen LogP contribution in [0.4, 0.5) is 0 Å². The summed E-state index contributed by atoms with van der Waals surface area (Å²) in [5.41, 5.74) is 0. The summed E-state index contributed by atoms with van der Waals surface area (Å²) in [5, 5.41) is 0. The standard InChI is InChI=1S/C11H13ClO3S/c1-2-3-4-9-15-10-5-7-11(8-6-10)16(12,13)14/h2,5-8H,1,3-4,9H2. The maximum Gasteiger partial charge on any atom is 0.261 e. The minimum absolute atomic E-state index is 0.0765. The Morgan fingerprint density at radius 3 is 2.44 bits per heavy atom. The summed E-state index contributed by atoms with van der Waals surface area (Å²) in [4.78, 5) is 0.0765. The van der Waals surface area contributed by atoms with Crippen LogP contribution in [0.25, 0.3) is 0 Å². The largest absolute Gasteiger partial charge is 0.494 e. The monoisotopic (exact) mass is 260 g/mol. The first kappa shape index (κ1) is 13.1. The average Bonchev–Trinajstić information content (AvgIpc) is 2.24. The molecule has 0 aromatic heterocycles. The summed E-state index contributed by atoms with van der Waals surface area (Å²) in [6, 6.07) is 6.02. The van der Waals surface area contributed by atoms with Gasteiger partial charge in [0.15, 0.2) is 0 Å². The molecule has 5 heteroatoms. The lowest BCUT2D eigenvalue weighted by atomic mass is 10.3. The summed E-state index contributed by atoms with van der Waals surface area (Å²) >= 11 is 0. The maximum atomic E-state index is 11.0.